The summed E-state index contributed by atoms with van der Waals surface area (Å²) in [7, 11) is 0. The van der Waals surface area contributed by atoms with E-state index >= 15 is 0 Å². The van der Waals surface area contributed by atoms with E-state index < -0.39 is 5.54 Å². The van der Waals surface area contributed by atoms with Crippen LogP contribution in [0.15, 0.2) is 24.4 Å². The Hall–Kier alpha value is -1.42. The second-order valence-corrected chi connectivity index (χ2v) is 4.81. The quantitative estimate of drug-likeness (QED) is 0.832. The number of hydrogen-bond donors (Lipinski definition) is 2. The van der Waals surface area contributed by atoms with Gasteiger partial charge in [0.25, 0.3) is 0 Å². The summed E-state index contributed by atoms with van der Waals surface area (Å²) >= 11 is 0. The Morgan fingerprint density at radius 1 is 1.47 bits per heavy atom. The Morgan fingerprint density at radius 2 is 2.18 bits per heavy atom. The first-order chi connectivity index (χ1) is 8.12. The number of hydrogen-bond acceptors (Lipinski definition) is 3. The zero-order chi connectivity index (χ0) is 12.3. The molecule has 2 rings (SSSR count). The monoisotopic (exact) mass is 233 g/mol. The summed E-state index contributed by atoms with van der Waals surface area (Å²) in [5.41, 5.74) is 6.30. The van der Waals surface area contributed by atoms with Gasteiger partial charge in [0.15, 0.2) is 0 Å². The molecule has 0 aromatic carbocycles. The molecule has 3 N–H and O–H groups in total. The third-order valence-electron chi connectivity index (χ3n) is 3.43. The summed E-state index contributed by atoms with van der Waals surface area (Å²) < 4.78 is 0. The first kappa shape index (κ1) is 12.0. The third-order valence-corrected chi connectivity index (χ3v) is 3.43. The smallest absolute Gasteiger partial charge is 0.240 e. The van der Waals surface area contributed by atoms with Crippen LogP contribution in [0, 0.1) is 0 Å². The molecular weight excluding hydrogens is 214 g/mol. The molecule has 1 amide bonds. The van der Waals surface area contributed by atoms with Gasteiger partial charge in [-0.15, -0.1) is 0 Å². The van der Waals surface area contributed by atoms with Crippen molar-refractivity contribution in [2.24, 2.45) is 5.73 Å². The summed E-state index contributed by atoms with van der Waals surface area (Å²) in [5, 5.41) is 2.95. The number of rotatable bonds is 3. The number of carbonyl (C=O) groups excluding carboxylic acids is 1. The minimum atomic E-state index is -0.664. The highest BCUT2D eigenvalue weighted by Gasteiger charge is 2.37. The van der Waals surface area contributed by atoms with Crippen LogP contribution >= 0.6 is 0 Å². The van der Waals surface area contributed by atoms with Crippen LogP contribution in [0.4, 0.5) is 0 Å². The lowest BCUT2D eigenvalue weighted by Crippen LogP contribution is -2.52. The second-order valence-electron chi connectivity index (χ2n) is 4.81. The van der Waals surface area contributed by atoms with Crippen molar-refractivity contribution in [2.45, 2.75) is 44.2 Å². The van der Waals surface area contributed by atoms with Crippen LogP contribution in [0.5, 0.6) is 0 Å². The number of nitrogens with zero attached hydrogens (tertiary/aromatic N) is 1. The van der Waals surface area contributed by atoms with Gasteiger partial charge >= 0.3 is 0 Å². The summed E-state index contributed by atoms with van der Waals surface area (Å²) in [4.78, 5) is 16.3. The highest BCUT2D eigenvalue weighted by molar-refractivity contribution is 5.86. The number of carbonyl (C=O) groups is 1. The highest BCUT2D eigenvalue weighted by Crippen LogP contribution is 2.27. The summed E-state index contributed by atoms with van der Waals surface area (Å²) in [6, 6.07) is 5.59. The zero-order valence-electron chi connectivity index (χ0n) is 10.1. The lowest BCUT2D eigenvalue weighted by molar-refractivity contribution is -0.126. The van der Waals surface area contributed by atoms with E-state index in [4.69, 9.17) is 5.73 Å². The molecule has 1 aromatic rings. The van der Waals surface area contributed by atoms with Crippen molar-refractivity contribution in [3.8, 4) is 0 Å². The van der Waals surface area contributed by atoms with Crippen LogP contribution in [0.3, 0.4) is 0 Å². The average molecular weight is 233 g/mol. The predicted molar refractivity (Wildman–Crippen MR) is 66.2 cm³/mol. The van der Waals surface area contributed by atoms with Crippen molar-refractivity contribution in [1.29, 1.82) is 0 Å². The molecule has 0 spiro atoms. The molecule has 0 bridgehead atoms. The zero-order valence-corrected chi connectivity index (χ0v) is 10.1. The molecule has 4 nitrogen and oxygen atoms in total. The molecular formula is C13H19N3O. The number of pyridine rings is 1. The first-order valence-electron chi connectivity index (χ1n) is 6.13. The molecule has 1 heterocycles. The number of nitrogens with two attached hydrogens (primary N) is 1. The van der Waals surface area contributed by atoms with E-state index in [0.29, 0.717) is 0 Å². The van der Waals surface area contributed by atoms with Gasteiger partial charge in [0.1, 0.15) is 0 Å². The molecule has 1 atom stereocenters. The molecule has 1 saturated carbocycles. The lowest BCUT2D eigenvalue weighted by atomic mass is 9.97. The molecule has 1 aliphatic carbocycles. The van der Waals surface area contributed by atoms with E-state index in [1.165, 1.54) is 0 Å². The van der Waals surface area contributed by atoms with Gasteiger partial charge in [0.2, 0.25) is 5.91 Å². The fourth-order valence-corrected chi connectivity index (χ4v) is 2.28. The van der Waals surface area contributed by atoms with E-state index in [0.717, 1.165) is 31.4 Å². The highest BCUT2D eigenvalue weighted by atomic mass is 16.2. The normalized spacial score (nSPS) is 19.9. The topological polar surface area (TPSA) is 68.0 Å². The maximum Gasteiger partial charge on any atom is 0.240 e. The average Bonchev–Trinajstić information content (AvgIpc) is 2.78. The van der Waals surface area contributed by atoms with Gasteiger partial charge in [-0.05, 0) is 31.9 Å². The first-order valence-corrected chi connectivity index (χ1v) is 6.13. The van der Waals surface area contributed by atoms with Gasteiger partial charge in [-0.25, -0.2) is 0 Å². The maximum atomic E-state index is 12.1. The molecule has 0 unspecified atom stereocenters. The molecule has 0 aliphatic heterocycles. The molecule has 0 saturated heterocycles. The second kappa shape index (κ2) is 4.84. The number of nitrogens with one attached hydrogen (secondary N) is 1. The van der Waals surface area contributed by atoms with Gasteiger partial charge < -0.3 is 11.1 Å². The van der Waals surface area contributed by atoms with Crippen molar-refractivity contribution in [2.75, 3.05) is 0 Å². The lowest BCUT2D eigenvalue weighted by Gasteiger charge is -2.24. The van der Waals surface area contributed by atoms with Gasteiger partial charge in [0, 0.05) is 6.20 Å². The fourth-order valence-electron chi connectivity index (χ4n) is 2.28. The molecule has 0 radical (unpaired) electrons. The minimum absolute atomic E-state index is 0.0480. The largest absolute Gasteiger partial charge is 0.346 e. The fraction of sp³-hybridized carbons (Fsp3) is 0.538. The van der Waals surface area contributed by atoms with Gasteiger partial charge in [-0.3, -0.25) is 9.78 Å². The Labute approximate surface area is 102 Å². The molecule has 1 fully saturated rings. The molecule has 1 aliphatic rings. The number of aromatic nitrogens is 1. The SMILES string of the molecule is C[C@H](NC(=O)C1(N)CCCC1)c1ccccn1. The van der Waals surface area contributed by atoms with E-state index in [1.807, 2.05) is 25.1 Å². The van der Waals surface area contributed by atoms with Crippen molar-refractivity contribution < 1.29 is 4.79 Å². The van der Waals surface area contributed by atoms with Crippen molar-refractivity contribution in [3.05, 3.63) is 30.1 Å². The van der Waals surface area contributed by atoms with Gasteiger partial charge in [-0.2, -0.15) is 0 Å². The van der Waals surface area contributed by atoms with Crippen LogP contribution < -0.4 is 11.1 Å². The Kier molecular flexibility index (Phi) is 3.43. The summed E-state index contributed by atoms with van der Waals surface area (Å²) in [6.07, 6.45) is 5.39. The summed E-state index contributed by atoms with van der Waals surface area (Å²) in [6.45, 7) is 1.93. The number of amides is 1. The molecule has 4 heteroatoms. The minimum Gasteiger partial charge on any atom is -0.346 e. The van der Waals surface area contributed by atoms with Gasteiger partial charge in [0.05, 0.1) is 17.3 Å². The van der Waals surface area contributed by atoms with Crippen LogP contribution in [-0.4, -0.2) is 16.4 Å². The van der Waals surface area contributed by atoms with Crippen molar-refractivity contribution in [3.63, 3.8) is 0 Å². The van der Waals surface area contributed by atoms with Crippen molar-refractivity contribution >= 4 is 5.91 Å². The van der Waals surface area contributed by atoms with Crippen LogP contribution in [0.25, 0.3) is 0 Å². The van der Waals surface area contributed by atoms with Crippen LogP contribution in [0.2, 0.25) is 0 Å². The molecule has 17 heavy (non-hydrogen) atoms. The van der Waals surface area contributed by atoms with Gasteiger partial charge in [-0.1, -0.05) is 18.9 Å². The van der Waals surface area contributed by atoms with E-state index in [2.05, 4.69) is 10.3 Å². The van der Waals surface area contributed by atoms with E-state index in [9.17, 15) is 4.79 Å². The van der Waals surface area contributed by atoms with Crippen LogP contribution in [-0.2, 0) is 4.79 Å². The predicted octanol–water partition coefficient (Wildman–Crippen LogP) is 1.53. The Balaban J connectivity index is 1.99. The Morgan fingerprint density at radius 3 is 2.76 bits per heavy atom. The third kappa shape index (κ3) is 2.64. The van der Waals surface area contributed by atoms with Crippen molar-refractivity contribution in [1.82, 2.24) is 10.3 Å². The molecule has 1 aromatic heterocycles. The van der Waals surface area contributed by atoms with E-state index in [-0.39, 0.29) is 11.9 Å². The molecule has 92 valence electrons. The maximum absolute atomic E-state index is 12.1. The Bertz CT molecular complexity index is 385. The summed E-state index contributed by atoms with van der Waals surface area (Å²) in [5.74, 6) is -0.0480. The van der Waals surface area contributed by atoms with Crippen LogP contribution in [0.1, 0.15) is 44.3 Å². The standard InChI is InChI=1S/C13H19N3O/c1-10(11-6-2-5-9-15-11)16-12(17)13(14)7-3-4-8-13/h2,5-6,9-10H,3-4,7-8,14H2,1H3,(H,16,17)/t10-/m0/s1. The van der Waals surface area contributed by atoms with E-state index in [1.54, 1.807) is 6.20 Å².